The second kappa shape index (κ2) is 4.80. The Kier molecular flexibility index (Phi) is 4.30. The smallest absolute Gasteiger partial charge is 0.0796 e. The minimum Gasteiger partial charge on any atom is -0.0819 e. The summed E-state index contributed by atoms with van der Waals surface area (Å²) in [7, 11) is 0. The predicted molar refractivity (Wildman–Crippen MR) is 64.8 cm³/mol. The van der Waals surface area contributed by atoms with Crippen LogP contribution >= 0.6 is 59.4 Å². The maximum Gasteiger partial charge on any atom is 0.0796 e. The zero-order chi connectivity index (χ0) is 9.14. The maximum atomic E-state index is 5.96. The lowest BCUT2D eigenvalue weighted by Crippen LogP contribution is -1.75. The van der Waals surface area contributed by atoms with Crippen molar-refractivity contribution in [2.75, 3.05) is 0 Å². The molecule has 1 rings (SSSR count). The Hall–Kier alpha value is 0.690. The lowest BCUT2D eigenvalue weighted by atomic mass is 10.2. The van der Waals surface area contributed by atoms with Gasteiger partial charge in [-0.2, -0.15) is 0 Å². The van der Waals surface area contributed by atoms with Crippen LogP contribution in [0, 0.1) is 0 Å². The van der Waals surface area contributed by atoms with Gasteiger partial charge in [-0.3, -0.25) is 0 Å². The summed E-state index contributed by atoms with van der Waals surface area (Å²) in [6, 6.07) is 7.77. The monoisotopic (exact) mass is 372 g/mol. The number of benzene rings is 1. The van der Waals surface area contributed by atoms with E-state index in [-0.39, 0.29) is 0 Å². The van der Waals surface area contributed by atoms with Crippen LogP contribution < -0.4 is 0 Å². The van der Waals surface area contributed by atoms with Crippen LogP contribution in [0.3, 0.4) is 0 Å². The van der Waals surface area contributed by atoms with Gasteiger partial charge in [-0.15, -0.1) is 0 Å². The highest BCUT2D eigenvalue weighted by atomic mass is 79.9. The molecule has 64 valence electrons. The van der Waals surface area contributed by atoms with Gasteiger partial charge in [0, 0.05) is 4.47 Å². The first-order valence-corrected chi connectivity index (χ1v) is 5.83. The van der Waals surface area contributed by atoms with E-state index in [0.29, 0.717) is 5.03 Å². The summed E-state index contributed by atoms with van der Waals surface area (Å²) >= 11 is 15.8. The Labute approximate surface area is 101 Å². The lowest BCUT2D eigenvalue weighted by molar-refractivity contribution is 1.61. The standard InChI is InChI=1S/C8H4Br3Cl/c9-6-3-1-5(2-4-6)7(12)8(10)11/h1-4H. The third-order valence-corrected chi connectivity index (χ3v) is 3.45. The normalized spacial score (nSPS) is 9.67. The number of halogens is 4. The first-order valence-electron chi connectivity index (χ1n) is 3.08. The fourth-order valence-corrected chi connectivity index (χ4v) is 1.55. The molecule has 0 aliphatic carbocycles. The van der Waals surface area contributed by atoms with Crippen LogP contribution in [0.5, 0.6) is 0 Å². The highest BCUT2D eigenvalue weighted by molar-refractivity contribution is 9.28. The second-order valence-corrected chi connectivity index (χ2v) is 6.03. The number of rotatable bonds is 1. The van der Waals surface area contributed by atoms with Crippen LogP contribution in [0.15, 0.2) is 32.1 Å². The van der Waals surface area contributed by atoms with Crippen molar-refractivity contribution in [3.05, 3.63) is 37.7 Å². The van der Waals surface area contributed by atoms with E-state index in [1.54, 1.807) is 0 Å². The predicted octanol–water partition coefficient (Wildman–Crippen LogP) is 5.10. The third-order valence-electron chi connectivity index (χ3n) is 1.26. The van der Waals surface area contributed by atoms with E-state index in [4.69, 9.17) is 11.6 Å². The van der Waals surface area contributed by atoms with Crippen molar-refractivity contribution in [3.8, 4) is 0 Å². The van der Waals surface area contributed by atoms with E-state index in [0.717, 1.165) is 13.4 Å². The first kappa shape index (κ1) is 10.8. The molecule has 1 aromatic rings. The molecule has 0 saturated heterocycles. The van der Waals surface area contributed by atoms with E-state index in [9.17, 15) is 0 Å². The molecule has 0 radical (unpaired) electrons. The molecular weight excluding hydrogens is 371 g/mol. The van der Waals surface area contributed by atoms with E-state index in [2.05, 4.69) is 47.8 Å². The molecule has 12 heavy (non-hydrogen) atoms. The lowest BCUT2D eigenvalue weighted by Gasteiger charge is -1.99. The Balaban J connectivity index is 3.06. The van der Waals surface area contributed by atoms with Crippen LogP contribution in [0.4, 0.5) is 0 Å². The van der Waals surface area contributed by atoms with Gasteiger partial charge >= 0.3 is 0 Å². The van der Waals surface area contributed by atoms with Gasteiger partial charge in [-0.05, 0) is 49.6 Å². The summed E-state index contributed by atoms with van der Waals surface area (Å²) < 4.78 is 1.81. The van der Waals surface area contributed by atoms with Crippen LogP contribution in [0.25, 0.3) is 5.03 Å². The van der Waals surface area contributed by atoms with Gasteiger partial charge in [0.2, 0.25) is 0 Å². The molecule has 0 atom stereocenters. The molecule has 0 spiro atoms. The summed E-state index contributed by atoms with van der Waals surface area (Å²) in [5.74, 6) is 0. The van der Waals surface area contributed by atoms with E-state index in [1.807, 2.05) is 24.3 Å². The Morgan fingerprint density at radius 2 is 1.58 bits per heavy atom. The van der Waals surface area contributed by atoms with Gasteiger partial charge in [-0.1, -0.05) is 39.7 Å². The number of hydrogen-bond donors (Lipinski definition) is 0. The zero-order valence-electron chi connectivity index (χ0n) is 5.82. The molecule has 0 fully saturated rings. The number of hydrogen-bond acceptors (Lipinski definition) is 0. The summed E-state index contributed by atoms with van der Waals surface area (Å²) in [6.07, 6.45) is 0. The minimum atomic E-state index is 0.669. The average molecular weight is 375 g/mol. The summed E-state index contributed by atoms with van der Waals surface area (Å²) in [5.41, 5.74) is 0.976. The first-order chi connectivity index (χ1) is 5.61. The van der Waals surface area contributed by atoms with Gasteiger partial charge in [0.05, 0.1) is 8.42 Å². The van der Waals surface area contributed by atoms with Crippen molar-refractivity contribution in [1.82, 2.24) is 0 Å². The quantitative estimate of drug-likeness (QED) is 0.640. The van der Waals surface area contributed by atoms with Crippen molar-refractivity contribution in [1.29, 1.82) is 0 Å². The van der Waals surface area contributed by atoms with Crippen molar-refractivity contribution < 1.29 is 0 Å². The highest BCUT2D eigenvalue weighted by Gasteiger charge is 2.00. The largest absolute Gasteiger partial charge is 0.0819 e. The summed E-state index contributed by atoms with van der Waals surface area (Å²) in [6.45, 7) is 0. The molecule has 0 aromatic heterocycles. The van der Waals surface area contributed by atoms with Crippen molar-refractivity contribution in [2.45, 2.75) is 0 Å². The molecule has 1 aromatic carbocycles. The summed E-state index contributed by atoms with van der Waals surface area (Å²) in [5, 5.41) is 0.669. The molecule has 0 nitrogen and oxygen atoms in total. The molecule has 0 aliphatic heterocycles. The van der Waals surface area contributed by atoms with Gasteiger partial charge < -0.3 is 0 Å². The summed E-state index contributed by atoms with van der Waals surface area (Å²) in [4.78, 5) is 0. The Bertz CT molecular complexity index is 299. The van der Waals surface area contributed by atoms with E-state index in [1.165, 1.54) is 0 Å². The highest BCUT2D eigenvalue weighted by Crippen LogP contribution is 2.30. The topological polar surface area (TPSA) is 0 Å². The molecule has 0 aliphatic rings. The van der Waals surface area contributed by atoms with Crippen LogP contribution in [-0.2, 0) is 0 Å². The third kappa shape index (κ3) is 2.87. The van der Waals surface area contributed by atoms with Gasteiger partial charge in [0.25, 0.3) is 0 Å². The average Bonchev–Trinajstić information content (AvgIpc) is 2.04. The molecule has 0 bridgehead atoms. The van der Waals surface area contributed by atoms with Crippen LogP contribution in [0.2, 0.25) is 0 Å². The van der Waals surface area contributed by atoms with Crippen molar-refractivity contribution in [2.24, 2.45) is 0 Å². The fraction of sp³-hybridized carbons (Fsp3) is 0. The molecule has 4 heteroatoms. The molecule has 0 amide bonds. The van der Waals surface area contributed by atoms with E-state index >= 15 is 0 Å². The fourth-order valence-electron chi connectivity index (χ4n) is 0.705. The van der Waals surface area contributed by atoms with E-state index < -0.39 is 0 Å². The van der Waals surface area contributed by atoms with Gasteiger partial charge in [-0.25, -0.2) is 0 Å². The molecule has 0 N–H and O–H groups in total. The van der Waals surface area contributed by atoms with Crippen molar-refractivity contribution >= 4 is 64.4 Å². The molecule has 0 heterocycles. The zero-order valence-corrected chi connectivity index (χ0v) is 11.3. The maximum absolute atomic E-state index is 5.96. The van der Waals surface area contributed by atoms with Gasteiger partial charge in [0.15, 0.2) is 0 Å². The second-order valence-electron chi connectivity index (χ2n) is 2.08. The molecule has 0 saturated carbocycles. The molecule has 0 unspecified atom stereocenters. The van der Waals surface area contributed by atoms with Gasteiger partial charge in [0.1, 0.15) is 0 Å². The van der Waals surface area contributed by atoms with Crippen LogP contribution in [-0.4, -0.2) is 0 Å². The van der Waals surface area contributed by atoms with Crippen molar-refractivity contribution in [3.63, 3.8) is 0 Å². The Morgan fingerprint density at radius 3 is 2.00 bits per heavy atom. The molecular formula is C8H4Br3Cl. The van der Waals surface area contributed by atoms with Crippen LogP contribution in [0.1, 0.15) is 5.56 Å². The minimum absolute atomic E-state index is 0.669. The Morgan fingerprint density at radius 1 is 1.08 bits per heavy atom. The SMILES string of the molecule is ClC(=C(Br)Br)c1ccc(Br)cc1.